The van der Waals surface area contributed by atoms with Gasteiger partial charge in [0.25, 0.3) is 0 Å². The van der Waals surface area contributed by atoms with Gasteiger partial charge in [-0.1, -0.05) is 41.2 Å². The number of ketones is 1. The van der Waals surface area contributed by atoms with Crippen LogP contribution >= 0.6 is 0 Å². The van der Waals surface area contributed by atoms with Gasteiger partial charge in [-0.3, -0.25) is 14.4 Å². The van der Waals surface area contributed by atoms with E-state index in [0.29, 0.717) is 0 Å². The number of hydrogen-bond donors (Lipinski definition) is 2. The lowest BCUT2D eigenvalue weighted by atomic mass is 9.75. The van der Waals surface area contributed by atoms with Gasteiger partial charge in [0, 0.05) is 18.4 Å². The van der Waals surface area contributed by atoms with E-state index in [2.05, 4.69) is 6.58 Å². The highest BCUT2D eigenvalue weighted by Crippen LogP contribution is 2.41. The number of carbonyl (C=O) groups excluding carboxylic acids is 4. The molecule has 1 saturated carbocycles. The summed E-state index contributed by atoms with van der Waals surface area (Å²) in [6.07, 6.45) is -5.28. The van der Waals surface area contributed by atoms with Crippen LogP contribution in [0.2, 0.25) is 0 Å². The van der Waals surface area contributed by atoms with Gasteiger partial charge in [0.15, 0.2) is 23.6 Å². The first-order chi connectivity index (χ1) is 15.2. The first-order valence-electron chi connectivity index (χ1n) is 11.4. The van der Waals surface area contributed by atoms with Crippen molar-refractivity contribution < 1.29 is 43.6 Å². The monoisotopic (exact) mass is 468 g/mol. The summed E-state index contributed by atoms with van der Waals surface area (Å²) in [4.78, 5) is 50.3. The summed E-state index contributed by atoms with van der Waals surface area (Å²) in [6.45, 7) is 13.5. The van der Waals surface area contributed by atoms with Gasteiger partial charge in [-0.25, -0.2) is 4.79 Å². The van der Waals surface area contributed by atoms with E-state index in [-0.39, 0.29) is 30.8 Å². The fourth-order valence-electron chi connectivity index (χ4n) is 4.22. The molecule has 0 aromatic heterocycles. The van der Waals surface area contributed by atoms with Gasteiger partial charge < -0.3 is 24.4 Å². The van der Waals surface area contributed by atoms with Crippen LogP contribution in [0.5, 0.6) is 0 Å². The second kappa shape index (κ2) is 10.3. The Bertz CT molecular complexity index is 798. The van der Waals surface area contributed by atoms with Crippen molar-refractivity contribution in [3.05, 3.63) is 12.2 Å². The van der Waals surface area contributed by atoms with Gasteiger partial charge in [0.05, 0.1) is 11.8 Å². The first kappa shape index (κ1) is 27.0. The molecule has 2 aliphatic rings. The van der Waals surface area contributed by atoms with Crippen LogP contribution in [0.15, 0.2) is 12.2 Å². The molecule has 1 heterocycles. The highest BCUT2D eigenvalue weighted by Gasteiger charge is 2.58. The van der Waals surface area contributed by atoms with E-state index in [9.17, 15) is 29.4 Å². The standard InChI is InChI=1S/C24H36O9/c1-11(2)10-16(26)31-19-13(5)8-9-15(25)24(7,30)21(33-22(28)12(3)4)20-17(18(19)27)14(6)23(29)32-20/h11-13,17-21,27,30H,6,8-10H2,1-5,7H3/t13-,17-,18-,19-,20+,21-,24+/m1/s1. The lowest BCUT2D eigenvalue weighted by Gasteiger charge is -2.40. The van der Waals surface area contributed by atoms with E-state index in [4.69, 9.17) is 14.2 Å². The smallest absolute Gasteiger partial charge is 0.334 e. The molecule has 7 atom stereocenters. The number of esters is 3. The molecule has 1 aliphatic heterocycles. The van der Waals surface area contributed by atoms with Gasteiger partial charge in [0.2, 0.25) is 0 Å². The van der Waals surface area contributed by atoms with Crippen LogP contribution in [0.1, 0.15) is 60.8 Å². The SMILES string of the molecule is C=C1C(=O)O[C@H]2[C@H]1[C@@H](O)[C@H](OC(=O)CC(C)C)[C@H](C)CCC(=O)[C@](C)(O)[C@@H]2OC(=O)C(C)C. The second-order valence-corrected chi connectivity index (χ2v) is 10.1. The van der Waals surface area contributed by atoms with E-state index >= 15 is 0 Å². The van der Waals surface area contributed by atoms with Crippen molar-refractivity contribution in [2.75, 3.05) is 0 Å². The maximum absolute atomic E-state index is 13.0. The fourth-order valence-corrected chi connectivity index (χ4v) is 4.22. The Morgan fingerprint density at radius 3 is 2.36 bits per heavy atom. The number of fused-ring (bicyclic) bond motifs is 1. The fraction of sp³-hybridized carbons (Fsp3) is 0.750. The van der Waals surface area contributed by atoms with Crippen molar-refractivity contribution in [1.82, 2.24) is 0 Å². The molecule has 0 aromatic carbocycles. The van der Waals surface area contributed by atoms with Crippen molar-refractivity contribution in [3.8, 4) is 0 Å². The number of Topliss-reactive ketones (excluding diaryl/α,β-unsaturated/α-hetero) is 1. The Hall–Kier alpha value is -2.26. The third-order valence-corrected chi connectivity index (χ3v) is 6.33. The minimum Gasteiger partial charge on any atom is -0.459 e. The molecule has 2 fully saturated rings. The molecular formula is C24H36O9. The highest BCUT2D eigenvalue weighted by molar-refractivity contribution is 5.92. The van der Waals surface area contributed by atoms with Crippen molar-refractivity contribution in [3.63, 3.8) is 0 Å². The van der Waals surface area contributed by atoms with E-state index < -0.39 is 71.5 Å². The Kier molecular flexibility index (Phi) is 8.46. The average molecular weight is 469 g/mol. The minimum absolute atomic E-state index is 0.0279. The molecule has 1 saturated heterocycles. The number of aliphatic hydroxyl groups excluding tert-OH is 1. The van der Waals surface area contributed by atoms with Crippen LogP contribution < -0.4 is 0 Å². The van der Waals surface area contributed by atoms with E-state index in [0.717, 1.165) is 0 Å². The quantitative estimate of drug-likeness (QED) is 0.351. The molecule has 0 amide bonds. The van der Waals surface area contributed by atoms with Gasteiger partial charge in [-0.05, 0) is 25.2 Å². The third kappa shape index (κ3) is 5.81. The van der Waals surface area contributed by atoms with E-state index in [1.54, 1.807) is 20.8 Å². The molecule has 0 aromatic rings. The highest BCUT2D eigenvalue weighted by atomic mass is 16.6. The molecule has 1 aliphatic carbocycles. The number of carbonyl (C=O) groups is 4. The molecule has 0 unspecified atom stereocenters. The van der Waals surface area contributed by atoms with Gasteiger partial charge in [-0.15, -0.1) is 0 Å². The van der Waals surface area contributed by atoms with Crippen molar-refractivity contribution in [2.24, 2.45) is 23.7 Å². The zero-order valence-corrected chi connectivity index (χ0v) is 20.2. The van der Waals surface area contributed by atoms with Crippen LogP contribution in [0.3, 0.4) is 0 Å². The topological polar surface area (TPSA) is 136 Å². The average Bonchev–Trinajstić information content (AvgIpc) is 2.99. The Morgan fingerprint density at radius 1 is 1.21 bits per heavy atom. The summed E-state index contributed by atoms with van der Waals surface area (Å²) in [5, 5.41) is 22.5. The van der Waals surface area contributed by atoms with Crippen molar-refractivity contribution >= 4 is 23.7 Å². The van der Waals surface area contributed by atoms with Crippen LogP contribution in [-0.2, 0) is 33.4 Å². The maximum Gasteiger partial charge on any atom is 0.334 e. The molecule has 0 radical (unpaired) electrons. The number of rotatable bonds is 5. The Morgan fingerprint density at radius 2 is 1.82 bits per heavy atom. The largest absolute Gasteiger partial charge is 0.459 e. The minimum atomic E-state index is -2.18. The molecule has 0 bridgehead atoms. The summed E-state index contributed by atoms with van der Waals surface area (Å²) < 4.78 is 16.5. The zero-order valence-electron chi connectivity index (χ0n) is 20.2. The summed E-state index contributed by atoms with van der Waals surface area (Å²) >= 11 is 0. The Labute approximate surface area is 194 Å². The number of ether oxygens (including phenoxy) is 3. The summed E-state index contributed by atoms with van der Waals surface area (Å²) in [5.74, 6) is -4.90. The Balaban J connectivity index is 2.54. The number of hydrogen-bond acceptors (Lipinski definition) is 9. The first-order valence-corrected chi connectivity index (χ1v) is 11.4. The van der Waals surface area contributed by atoms with E-state index in [1.807, 2.05) is 13.8 Å². The van der Waals surface area contributed by atoms with Crippen molar-refractivity contribution in [1.29, 1.82) is 0 Å². The zero-order chi connectivity index (χ0) is 25.2. The second-order valence-electron chi connectivity index (χ2n) is 10.1. The summed E-state index contributed by atoms with van der Waals surface area (Å²) in [7, 11) is 0. The van der Waals surface area contributed by atoms with Crippen LogP contribution in [0.4, 0.5) is 0 Å². The molecule has 33 heavy (non-hydrogen) atoms. The predicted molar refractivity (Wildman–Crippen MR) is 117 cm³/mol. The normalized spacial score (nSPS) is 35.3. The molecule has 186 valence electrons. The van der Waals surface area contributed by atoms with Crippen LogP contribution in [0.25, 0.3) is 0 Å². The van der Waals surface area contributed by atoms with Gasteiger partial charge >= 0.3 is 17.9 Å². The summed E-state index contributed by atoms with van der Waals surface area (Å²) in [5.41, 5.74) is -2.29. The van der Waals surface area contributed by atoms with Crippen LogP contribution in [-0.4, -0.2) is 63.9 Å². The lowest BCUT2D eigenvalue weighted by Crippen LogP contribution is -2.59. The number of aliphatic hydroxyl groups is 2. The van der Waals surface area contributed by atoms with Crippen molar-refractivity contribution in [2.45, 2.75) is 90.8 Å². The maximum atomic E-state index is 13.0. The molecule has 2 rings (SSSR count). The van der Waals surface area contributed by atoms with Crippen LogP contribution in [0, 0.1) is 23.7 Å². The molecule has 2 N–H and O–H groups in total. The predicted octanol–water partition coefficient (Wildman–Crippen LogP) is 1.72. The summed E-state index contributed by atoms with van der Waals surface area (Å²) in [6, 6.07) is 0. The van der Waals surface area contributed by atoms with Gasteiger partial charge in [-0.2, -0.15) is 0 Å². The van der Waals surface area contributed by atoms with E-state index in [1.165, 1.54) is 6.92 Å². The lowest BCUT2D eigenvalue weighted by molar-refractivity contribution is -0.198. The van der Waals surface area contributed by atoms with Gasteiger partial charge in [0.1, 0.15) is 12.2 Å². The third-order valence-electron chi connectivity index (χ3n) is 6.33. The molecular weight excluding hydrogens is 432 g/mol. The molecule has 0 spiro atoms. The molecule has 9 heteroatoms. The molecule has 9 nitrogen and oxygen atoms in total.